The third-order valence-corrected chi connectivity index (χ3v) is 4.49. The van der Waals surface area contributed by atoms with Crippen LogP contribution in [0.4, 0.5) is 0 Å². The van der Waals surface area contributed by atoms with Gasteiger partial charge in [0.1, 0.15) is 8.60 Å². The van der Waals surface area contributed by atoms with Gasteiger partial charge in [0, 0.05) is 6.54 Å². The summed E-state index contributed by atoms with van der Waals surface area (Å²) in [6.45, 7) is 2.56. The van der Waals surface area contributed by atoms with Crippen LogP contribution in [0.25, 0.3) is 0 Å². The molecule has 0 bridgehead atoms. The molecule has 0 amide bonds. The van der Waals surface area contributed by atoms with E-state index in [9.17, 15) is 9.59 Å². The Hall–Kier alpha value is -1.10. The summed E-state index contributed by atoms with van der Waals surface area (Å²) in [5.41, 5.74) is -0.452. The molecule has 2 aromatic heterocycles. The van der Waals surface area contributed by atoms with Crippen LogP contribution in [-0.2, 0) is 6.54 Å². The van der Waals surface area contributed by atoms with Gasteiger partial charge in [-0.2, -0.15) is 0 Å². The molecule has 2 rings (SSSR count). The second kappa shape index (κ2) is 5.69. The van der Waals surface area contributed by atoms with Crippen LogP contribution in [0, 0.1) is 3.57 Å². The third-order valence-electron chi connectivity index (χ3n) is 2.12. The van der Waals surface area contributed by atoms with Crippen molar-refractivity contribution in [3.8, 4) is 0 Å². The Kier molecular flexibility index (Phi) is 4.22. The number of rotatable bonds is 4. The summed E-state index contributed by atoms with van der Waals surface area (Å²) in [5.74, 6) is 0. The first-order chi connectivity index (χ1) is 8.63. The molecule has 0 unspecified atom stereocenters. The minimum absolute atomic E-state index is 0.201. The molecule has 0 atom stereocenters. The van der Waals surface area contributed by atoms with Gasteiger partial charge < -0.3 is 4.98 Å². The highest BCUT2D eigenvalue weighted by Gasteiger charge is 2.13. The summed E-state index contributed by atoms with van der Waals surface area (Å²) in [5, 5.41) is 7.38. The van der Waals surface area contributed by atoms with Crippen LogP contribution in [0.5, 0.6) is 0 Å². The summed E-state index contributed by atoms with van der Waals surface area (Å²) in [7, 11) is 0. The zero-order chi connectivity index (χ0) is 13.1. The molecule has 18 heavy (non-hydrogen) atoms. The van der Waals surface area contributed by atoms with E-state index in [1.54, 1.807) is 0 Å². The molecule has 96 valence electrons. The van der Waals surface area contributed by atoms with Gasteiger partial charge in [-0.05, 0) is 40.8 Å². The molecule has 0 radical (unpaired) electrons. The molecule has 7 nitrogen and oxygen atoms in total. The number of nitrogens with one attached hydrogen (secondary N) is 2. The number of halogens is 1. The summed E-state index contributed by atoms with van der Waals surface area (Å²) < 4.78 is 2.02. The second-order valence-electron chi connectivity index (χ2n) is 3.42. The van der Waals surface area contributed by atoms with E-state index >= 15 is 0 Å². The Bertz CT molecular complexity index is 661. The smallest absolute Gasteiger partial charge is 0.312 e. The van der Waals surface area contributed by atoms with Gasteiger partial charge in [-0.1, -0.05) is 6.92 Å². The van der Waals surface area contributed by atoms with E-state index < -0.39 is 0 Å². The number of aromatic amines is 2. The molecule has 0 fully saturated rings. The Morgan fingerprint density at radius 1 is 1.50 bits per heavy atom. The molecule has 0 aromatic carbocycles. The predicted molar refractivity (Wildman–Crippen MR) is 74.8 cm³/mol. The van der Waals surface area contributed by atoms with Gasteiger partial charge in [0.15, 0.2) is 5.16 Å². The molecule has 0 aliphatic rings. The number of nitrogens with zero attached hydrogens (tertiary/aromatic N) is 3. The number of aromatic nitrogens is 5. The van der Waals surface area contributed by atoms with Gasteiger partial charge in [0.25, 0.3) is 5.56 Å². The Morgan fingerprint density at radius 3 is 3.00 bits per heavy atom. The molecule has 0 spiro atoms. The minimum Gasteiger partial charge on any atom is -0.312 e. The molecule has 0 saturated carbocycles. The van der Waals surface area contributed by atoms with E-state index in [0.717, 1.165) is 6.42 Å². The largest absolute Gasteiger partial charge is 0.343 e. The summed E-state index contributed by atoms with van der Waals surface area (Å²) in [6, 6.07) is 0. The van der Waals surface area contributed by atoms with Gasteiger partial charge in [-0.15, -0.1) is 5.10 Å². The Balaban J connectivity index is 2.37. The predicted octanol–water partition coefficient (Wildman–Crippen LogP) is 0.820. The highest BCUT2D eigenvalue weighted by molar-refractivity contribution is 14.1. The van der Waals surface area contributed by atoms with Crippen molar-refractivity contribution in [3.05, 3.63) is 30.7 Å². The van der Waals surface area contributed by atoms with E-state index in [2.05, 4.69) is 20.2 Å². The minimum atomic E-state index is -0.251. The summed E-state index contributed by atoms with van der Waals surface area (Å²) in [4.78, 5) is 29.5. The average molecular weight is 379 g/mol. The molecule has 2 heterocycles. The van der Waals surface area contributed by atoms with E-state index in [4.69, 9.17) is 0 Å². The lowest BCUT2D eigenvalue weighted by molar-refractivity contribution is 0.603. The summed E-state index contributed by atoms with van der Waals surface area (Å²) >= 11 is 3.12. The van der Waals surface area contributed by atoms with E-state index in [1.165, 1.54) is 22.7 Å². The Morgan fingerprint density at radius 2 is 2.28 bits per heavy atom. The fourth-order valence-corrected chi connectivity index (χ4v) is 2.79. The van der Waals surface area contributed by atoms with Crippen molar-refractivity contribution in [1.29, 1.82) is 0 Å². The maximum atomic E-state index is 11.5. The van der Waals surface area contributed by atoms with Crippen LogP contribution in [0.3, 0.4) is 0 Å². The van der Waals surface area contributed by atoms with Crippen LogP contribution in [0.15, 0.2) is 26.1 Å². The van der Waals surface area contributed by atoms with E-state index in [0.29, 0.717) is 20.3 Å². The van der Waals surface area contributed by atoms with Crippen molar-refractivity contribution in [3.63, 3.8) is 0 Å². The maximum absolute atomic E-state index is 11.5. The van der Waals surface area contributed by atoms with Crippen molar-refractivity contribution in [1.82, 2.24) is 24.7 Å². The van der Waals surface area contributed by atoms with Crippen molar-refractivity contribution in [2.75, 3.05) is 0 Å². The van der Waals surface area contributed by atoms with Crippen LogP contribution in [0.1, 0.15) is 13.3 Å². The van der Waals surface area contributed by atoms with Gasteiger partial charge in [-0.3, -0.25) is 9.36 Å². The number of H-pyrrole nitrogens is 2. The lowest BCUT2D eigenvalue weighted by Gasteiger charge is -2.03. The lowest BCUT2D eigenvalue weighted by Crippen LogP contribution is -2.17. The fourth-order valence-electron chi connectivity index (χ4n) is 1.33. The summed E-state index contributed by atoms with van der Waals surface area (Å²) in [6.07, 6.45) is 2.16. The maximum Gasteiger partial charge on any atom is 0.343 e. The zero-order valence-electron chi connectivity index (χ0n) is 9.44. The van der Waals surface area contributed by atoms with Crippen molar-refractivity contribution >= 4 is 34.4 Å². The van der Waals surface area contributed by atoms with E-state index in [-0.39, 0.29) is 11.2 Å². The van der Waals surface area contributed by atoms with Crippen molar-refractivity contribution in [2.45, 2.75) is 30.1 Å². The van der Waals surface area contributed by atoms with Gasteiger partial charge in [-0.25, -0.2) is 14.9 Å². The molecular weight excluding hydrogens is 369 g/mol. The highest BCUT2D eigenvalue weighted by Crippen LogP contribution is 2.25. The molecular formula is C9H10IN5O2S. The molecule has 2 N–H and O–H groups in total. The zero-order valence-corrected chi connectivity index (χ0v) is 12.4. The van der Waals surface area contributed by atoms with Crippen molar-refractivity contribution in [2.24, 2.45) is 0 Å². The third kappa shape index (κ3) is 2.66. The number of hydrogen-bond donors (Lipinski definition) is 2. The normalized spacial score (nSPS) is 10.8. The first kappa shape index (κ1) is 13.3. The quantitative estimate of drug-likeness (QED) is 0.606. The van der Waals surface area contributed by atoms with Crippen LogP contribution in [0.2, 0.25) is 0 Å². The average Bonchev–Trinajstić information content (AvgIpc) is 2.68. The SMILES string of the molecule is CCCn1c(Sc2nc[nH]c(=O)c2I)n[nH]c1=O. The molecule has 2 aromatic rings. The van der Waals surface area contributed by atoms with Crippen LogP contribution >= 0.6 is 34.4 Å². The molecule has 0 aliphatic carbocycles. The second-order valence-corrected chi connectivity index (χ2v) is 5.45. The van der Waals surface area contributed by atoms with Gasteiger partial charge in [0.2, 0.25) is 0 Å². The van der Waals surface area contributed by atoms with Crippen LogP contribution in [-0.4, -0.2) is 24.7 Å². The lowest BCUT2D eigenvalue weighted by atomic mass is 10.5. The van der Waals surface area contributed by atoms with E-state index in [1.807, 2.05) is 29.5 Å². The van der Waals surface area contributed by atoms with Gasteiger partial charge >= 0.3 is 5.69 Å². The van der Waals surface area contributed by atoms with Crippen LogP contribution < -0.4 is 11.2 Å². The monoisotopic (exact) mass is 379 g/mol. The molecule has 0 saturated heterocycles. The Labute approximate surface area is 120 Å². The molecule has 0 aliphatic heterocycles. The topological polar surface area (TPSA) is 96.4 Å². The number of hydrogen-bond acceptors (Lipinski definition) is 5. The first-order valence-corrected chi connectivity index (χ1v) is 7.09. The standard InChI is InChI=1S/C9H10IN5O2S/c1-2-3-15-8(17)13-14-9(15)18-7-5(10)6(16)11-4-12-7/h4H,2-3H2,1H3,(H,13,17)(H,11,12,16). The first-order valence-electron chi connectivity index (χ1n) is 5.19. The fraction of sp³-hybridized carbons (Fsp3) is 0.333. The van der Waals surface area contributed by atoms with Crippen molar-refractivity contribution < 1.29 is 0 Å². The van der Waals surface area contributed by atoms with Gasteiger partial charge in [0.05, 0.1) is 6.33 Å². The highest BCUT2D eigenvalue weighted by atomic mass is 127. The molecule has 9 heteroatoms.